The fourth-order valence-corrected chi connectivity index (χ4v) is 4.87. The molecule has 0 saturated heterocycles. The van der Waals surface area contributed by atoms with Crippen LogP contribution in [0.15, 0.2) is 66.9 Å². The van der Waals surface area contributed by atoms with Crippen molar-refractivity contribution in [2.45, 2.75) is 32.0 Å². The third-order valence-electron chi connectivity index (χ3n) is 7.18. The largest absolute Gasteiger partial charge is 0.373 e. The zero-order chi connectivity index (χ0) is 25.7. The van der Waals surface area contributed by atoms with Crippen LogP contribution >= 0.6 is 0 Å². The third kappa shape index (κ3) is 4.44. The number of hydrogen-bond donors (Lipinski definition) is 4. The number of aliphatic hydroxyl groups excluding tert-OH is 1. The van der Waals surface area contributed by atoms with E-state index < -0.39 is 6.23 Å². The van der Waals surface area contributed by atoms with Crippen LogP contribution in [-0.2, 0) is 7.05 Å². The Bertz CT molecular complexity index is 1630. The van der Waals surface area contributed by atoms with Crippen molar-refractivity contribution in [3.05, 3.63) is 83.8 Å². The first-order valence-electron chi connectivity index (χ1n) is 12.5. The number of fused-ring (bicyclic) bond motifs is 2. The van der Waals surface area contributed by atoms with Crippen LogP contribution in [-0.4, -0.2) is 32.0 Å². The van der Waals surface area contributed by atoms with Crippen molar-refractivity contribution in [1.82, 2.24) is 20.1 Å². The minimum Gasteiger partial charge on any atom is -0.373 e. The molecule has 0 spiro atoms. The molecule has 6 rings (SSSR count). The summed E-state index contributed by atoms with van der Waals surface area (Å²) < 4.78 is 15.6. The predicted molar refractivity (Wildman–Crippen MR) is 143 cm³/mol. The van der Waals surface area contributed by atoms with Crippen molar-refractivity contribution >= 4 is 33.5 Å². The first-order valence-corrected chi connectivity index (χ1v) is 12.5. The van der Waals surface area contributed by atoms with Gasteiger partial charge in [0.25, 0.3) is 5.91 Å². The van der Waals surface area contributed by atoms with Gasteiger partial charge in [-0.25, -0.2) is 4.39 Å². The molecule has 1 fully saturated rings. The van der Waals surface area contributed by atoms with E-state index in [4.69, 9.17) is 0 Å². The minimum absolute atomic E-state index is 0.214. The molecule has 8 heteroatoms. The first kappa shape index (κ1) is 23.2. The molecule has 2 atom stereocenters. The Morgan fingerprint density at radius 3 is 2.68 bits per heavy atom. The van der Waals surface area contributed by atoms with Gasteiger partial charge in [-0.3, -0.25) is 9.89 Å². The van der Waals surface area contributed by atoms with Gasteiger partial charge in [-0.05, 0) is 72.9 Å². The Kier molecular flexibility index (Phi) is 5.68. The Morgan fingerprint density at radius 2 is 1.89 bits per heavy atom. The van der Waals surface area contributed by atoms with Crippen LogP contribution < -0.4 is 10.6 Å². The number of benzene rings is 3. The van der Waals surface area contributed by atoms with E-state index >= 15 is 0 Å². The maximum absolute atomic E-state index is 13.7. The van der Waals surface area contributed by atoms with E-state index in [0.29, 0.717) is 22.9 Å². The highest BCUT2D eigenvalue weighted by Gasteiger charge is 2.30. The average molecular weight is 498 g/mol. The van der Waals surface area contributed by atoms with Gasteiger partial charge in [0, 0.05) is 35.5 Å². The Morgan fingerprint density at radius 1 is 1.11 bits per heavy atom. The van der Waals surface area contributed by atoms with Gasteiger partial charge in [-0.1, -0.05) is 24.3 Å². The van der Waals surface area contributed by atoms with Crippen LogP contribution in [0.5, 0.6) is 0 Å². The normalized spacial score (nSPS) is 15.1. The Balaban J connectivity index is 1.29. The molecule has 4 N–H and O–H groups in total. The summed E-state index contributed by atoms with van der Waals surface area (Å²) in [6, 6.07) is 18.0. The molecule has 7 nitrogen and oxygen atoms in total. The van der Waals surface area contributed by atoms with Gasteiger partial charge < -0.3 is 20.3 Å². The maximum Gasteiger partial charge on any atom is 0.253 e. The van der Waals surface area contributed by atoms with Crippen LogP contribution in [0.4, 0.5) is 10.2 Å². The summed E-state index contributed by atoms with van der Waals surface area (Å²) in [6.45, 7) is 1.84. The highest BCUT2D eigenvalue weighted by Crippen LogP contribution is 2.35. The summed E-state index contributed by atoms with van der Waals surface area (Å²) >= 11 is 0. The monoisotopic (exact) mass is 497 g/mol. The Hall–Kier alpha value is -4.17. The number of amides is 1. The summed E-state index contributed by atoms with van der Waals surface area (Å²) in [5.41, 5.74) is 5.02. The average Bonchev–Trinajstić information content (AvgIpc) is 3.60. The molecule has 5 aromatic rings. The zero-order valence-corrected chi connectivity index (χ0v) is 20.6. The number of halogens is 1. The van der Waals surface area contributed by atoms with E-state index in [0.717, 1.165) is 45.8 Å². The summed E-state index contributed by atoms with van der Waals surface area (Å²) in [7, 11) is 1.91. The van der Waals surface area contributed by atoms with Crippen molar-refractivity contribution in [2.24, 2.45) is 13.0 Å². The lowest BCUT2D eigenvalue weighted by atomic mass is 10.0. The minimum atomic E-state index is -0.583. The number of nitrogens with zero attached hydrogens (tertiary/aromatic N) is 2. The maximum atomic E-state index is 13.7. The van der Waals surface area contributed by atoms with Gasteiger partial charge in [0.2, 0.25) is 0 Å². The number of aliphatic hydroxyl groups is 1. The molecule has 37 heavy (non-hydrogen) atoms. The molecule has 2 heterocycles. The number of nitrogens with one attached hydrogen (secondary N) is 3. The number of carbonyl (C=O) groups excluding carboxylic acids is 1. The first-order chi connectivity index (χ1) is 17.9. The van der Waals surface area contributed by atoms with Crippen LogP contribution in [0, 0.1) is 11.7 Å². The molecule has 0 bridgehead atoms. The molecule has 1 saturated carbocycles. The third-order valence-corrected chi connectivity index (χ3v) is 7.18. The molecule has 3 aromatic carbocycles. The molecule has 0 radical (unpaired) electrons. The van der Waals surface area contributed by atoms with Gasteiger partial charge in [0.05, 0.1) is 17.1 Å². The molecule has 2 aromatic heterocycles. The second kappa shape index (κ2) is 9.05. The highest BCUT2D eigenvalue weighted by atomic mass is 19.1. The van der Waals surface area contributed by atoms with E-state index in [2.05, 4.69) is 20.8 Å². The molecule has 1 unspecified atom stereocenters. The van der Waals surface area contributed by atoms with Crippen molar-refractivity contribution in [3.8, 4) is 11.1 Å². The molecule has 1 aliphatic rings. The molecule has 0 aliphatic heterocycles. The molecular formula is C29H28FN5O2. The smallest absolute Gasteiger partial charge is 0.253 e. The van der Waals surface area contributed by atoms with Crippen molar-refractivity contribution < 1.29 is 14.3 Å². The van der Waals surface area contributed by atoms with E-state index in [-0.39, 0.29) is 17.8 Å². The number of aromatic nitrogens is 3. The topological polar surface area (TPSA) is 95.0 Å². The van der Waals surface area contributed by atoms with E-state index in [9.17, 15) is 14.3 Å². The van der Waals surface area contributed by atoms with E-state index in [1.54, 1.807) is 12.1 Å². The molecule has 188 valence electrons. The molecular weight excluding hydrogens is 469 g/mol. The lowest BCUT2D eigenvalue weighted by Gasteiger charge is -2.14. The van der Waals surface area contributed by atoms with E-state index in [1.165, 1.54) is 12.1 Å². The SMILES string of the molecule is C[C@H](NC(=O)c1cn(C)c2ccc(-c3ccc4c(NC(O)C5CC5)n[nH]c4c3)cc12)c1cccc(F)c1. The number of H-pyrrole nitrogens is 1. The second-order valence-corrected chi connectivity index (χ2v) is 9.89. The van der Waals surface area contributed by atoms with Gasteiger partial charge >= 0.3 is 0 Å². The molecule has 1 aliphatic carbocycles. The van der Waals surface area contributed by atoms with Crippen molar-refractivity contribution in [1.29, 1.82) is 0 Å². The van der Waals surface area contributed by atoms with Gasteiger partial charge in [0.1, 0.15) is 12.0 Å². The number of rotatable bonds is 7. The number of aryl methyl sites for hydroxylation is 1. The van der Waals surface area contributed by atoms with Crippen molar-refractivity contribution in [3.63, 3.8) is 0 Å². The predicted octanol–water partition coefficient (Wildman–Crippen LogP) is 5.49. The highest BCUT2D eigenvalue weighted by molar-refractivity contribution is 6.08. The number of aromatic amines is 1. The van der Waals surface area contributed by atoms with E-state index in [1.807, 2.05) is 61.1 Å². The van der Waals surface area contributed by atoms with Crippen LogP contribution in [0.1, 0.15) is 41.7 Å². The van der Waals surface area contributed by atoms with Crippen LogP contribution in [0.2, 0.25) is 0 Å². The van der Waals surface area contributed by atoms with Crippen LogP contribution in [0.3, 0.4) is 0 Å². The summed E-state index contributed by atoms with van der Waals surface area (Å²) in [5, 5.41) is 25.5. The zero-order valence-electron chi connectivity index (χ0n) is 20.6. The fourth-order valence-electron chi connectivity index (χ4n) is 4.87. The molecule has 1 amide bonds. The second-order valence-electron chi connectivity index (χ2n) is 9.89. The number of anilines is 1. The lowest BCUT2D eigenvalue weighted by molar-refractivity contribution is 0.0941. The summed E-state index contributed by atoms with van der Waals surface area (Å²) in [5.74, 6) is 0.399. The van der Waals surface area contributed by atoms with Gasteiger partial charge in [0.15, 0.2) is 5.82 Å². The number of hydrogen-bond acceptors (Lipinski definition) is 4. The fraction of sp³-hybridized carbons (Fsp3) is 0.241. The quantitative estimate of drug-likeness (QED) is 0.224. The summed E-state index contributed by atoms with van der Waals surface area (Å²) in [6.07, 6.45) is 3.31. The summed E-state index contributed by atoms with van der Waals surface area (Å²) in [4.78, 5) is 13.2. The Labute approximate surface area is 213 Å². The van der Waals surface area contributed by atoms with Gasteiger partial charge in [-0.15, -0.1) is 0 Å². The van der Waals surface area contributed by atoms with Gasteiger partial charge in [-0.2, -0.15) is 5.10 Å². The number of carbonyl (C=O) groups is 1. The van der Waals surface area contributed by atoms with Crippen LogP contribution in [0.25, 0.3) is 32.9 Å². The van der Waals surface area contributed by atoms with Crippen molar-refractivity contribution in [2.75, 3.05) is 5.32 Å². The lowest BCUT2D eigenvalue weighted by Crippen LogP contribution is -2.26. The standard InChI is InChI=1S/C29H28FN5O2/c1-16(18-4-3-5-21(30)12-18)31-29(37)24-15-35(2)26-11-9-19(13-23(24)26)20-8-10-22-25(14-20)33-34-27(22)32-28(36)17-6-7-17/h3-5,8-17,28,36H,6-7H2,1-2H3,(H,31,37)(H2,32,33,34)/t16-,28?/m0/s1.